The zero-order valence-electron chi connectivity index (χ0n) is 33.2. The molecule has 3 heterocycles. The van der Waals surface area contributed by atoms with Gasteiger partial charge < -0.3 is 25.7 Å². The molecule has 6 rings (SSSR count). The highest BCUT2D eigenvalue weighted by Gasteiger charge is 2.56. The molecule has 0 radical (unpaired) electrons. The molecule has 3 fully saturated rings. The van der Waals surface area contributed by atoms with Crippen molar-refractivity contribution in [2.75, 3.05) is 6.54 Å². The molecular formula is C42H54ClN7O7. The number of nitrogens with zero attached hydrogens (tertiary/aromatic N) is 4. The highest BCUT2D eigenvalue weighted by Crippen LogP contribution is 2.41. The molecule has 2 aliphatic heterocycles. The Bertz CT molecular complexity index is 1870. The lowest BCUT2D eigenvalue weighted by atomic mass is 9.76. The average molecular weight is 804 g/mol. The topological polar surface area (TPSA) is 189 Å². The summed E-state index contributed by atoms with van der Waals surface area (Å²) in [6.07, 6.45) is 11.3. The van der Waals surface area contributed by atoms with E-state index in [1.54, 1.807) is 18.2 Å². The first-order chi connectivity index (χ1) is 27.2. The fourth-order valence-electron chi connectivity index (χ4n) is 8.24. The van der Waals surface area contributed by atoms with Crippen LogP contribution in [0.3, 0.4) is 0 Å². The van der Waals surface area contributed by atoms with E-state index in [4.69, 9.17) is 16.4 Å². The number of likely N-dealkylation sites (tertiary alicyclic amines) is 1. The molecule has 1 aromatic carbocycles. The first-order valence-electron chi connectivity index (χ1n) is 20.2. The lowest BCUT2D eigenvalue weighted by molar-refractivity contribution is -0.146. The average Bonchev–Trinajstić information content (AvgIpc) is 3.79. The van der Waals surface area contributed by atoms with E-state index < -0.39 is 64.5 Å². The summed E-state index contributed by atoms with van der Waals surface area (Å²) in [5.74, 6) is -4.11. The van der Waals surface area contributed by atoms with Gasteiger partial charge in [-0.25, -0.2) is 4.98 Å². The van der Waals surface area contributed by atoms with Crippen LogP contribution in [0.25, 0.3) is 0 Å². The Kier molecular flexibility index (Phi) is 13.1. The minimum absolute atomic E-state index is 0.0360. The predicted molar refractivity (Wildman–Crippen MR) is 212 cm³/mol. The number of halogens is 1. The molecule has 0 unspecified atom stereocenters. The Morgan fingerprint density at radius 1 is 1.02 bits per heavy atom. The second kappa shape index (κ2) is 17.8. The van der Waals surface area contributed by atoms with Crippen LogP contribution >= 0.6 is 11.6 Å². The number of carbonyl (C=O) groups is 6. The van der Waals surface area contributed by atoms with Crippen LogP contribution in [0.1, 0.15) is 121 Å². The van der Waals surface area contributed by atoms with Gasteiger partial charge in [0.25, 0.3) is 5.91 Å². The summed E-state index contributed by atoms with van der Waals surface area (Å²) < 4.78 is 0. The van der Waals surface area contributed by atoms with Crippen LogP contribution in [-0.4, -0.2) is 92.1 Å². The van der Waals surface area contributed by atoms with Crippen LogP contribution in [0.5, 0.6) is 0 Å². The van der Waals surface area contributed by atoms with Crippen molar-refractivity contribution in [2.45, 2.75) is 135 Å². The van der Waals surface area contributed by atoms with Crippen molar-refractivity contribution in [3.8, 4) is 0 Å². The molecule has 1 aromatic heterocycles. The SMILES string of the molecule is CCC[C@H](NC(=O)[C@@H]1C[C@]2(CC(c3cccc(Cl)c3)=NO2)CN1C(=O)[C@@H](NC(=O)[C@@H](CC(=O)c1cnccn1)C1CCCCC1)C(C)(C)C)C(=O)C(=O)NC1CC1. The van der Waals surface area contributed by atoms with Crippen LogP contribution < -0.4 is 16.0 Å². The van der Waals surface area contributed by atoms with Crippen molar-refractivity contribution in [3.63, 3.8) is 0 Å². The first kappa shape index (κ1) is 41.9. The summed E-state index contributed by atoms with van der Waals surface area (Å²) in [7, 11) is 0. The van der Waals surface area contributed by atoms with E-state index in [-0.39, 0.29) is 55.7 Å². The van der Waals surface area contributed by atoms with Crippen molar-refractivity contribution < 1.29 is 33.6 Å². The number of rotatable bonds is 15. The minimum Gasteiger partial charge on any atom is -0.387 e. The molecule has 14 nitrogen and oxygen atoms in total. The Morgan fingerprint density at radius 2 is 1.77 bits per heavy atom. The summed E-state index contributed by atoms with van der Waals surface area (Å²) in [4.78, 5) is 99.1. The summed E-state index contributed by atoms with van der Waals surface area (Å²) in [6, 6.07) is 3.79. The number of carbonyl (C=O) groups excluding carboxylic acids is 6. The number of aromatic nitrogens is 2. The number of ketones is 2. The smallest absolute Gasteiger partial charge is 0.289 e. The van der Waals surface area contributed by atoms with Crippen molar-refractivity contribution >= 4 is 52.5 Å². The monoisotopic (exact) mass is 803 g/mol. The number of benzene rings is 1. The molecule has 3 N–H and O–H groups in total. The van der Waals surface area contributed by atoms with E-state index in [9.17, 15) is 24.0 Å². The molecule has 306 valence electrons. The molecular weight excluding hydrogens is 750 g/mol. The summed E-state index contributed by atoms with van der Waals surface area (Å²) in [5.41, 5.74) is -0.415. The van der Waals surface area contributed by atoms with Gasteiger partial charge in [0.15, 0.2) is 11.4 Å². The van der Waals surface area contributed by atoms with E-state index in [2.05, 4.69) is 31.1 Å². The highest BCUT2D eigenvalue weighted by atomic mass is 35.5. The van der Waals surface area contributed by atoms with Gasteiger partial charge in [-0.1, -0.05) is 82.3 Å². The molecule has 5 atom stereocenters. The van der Waals surface area contributed by atoms with E-state index in [0.29, 0.717) is 17.2 Å². The van der Waals surface area contributed by atoms with Crippen LogP contribution in [0, 0.1) is 17.3 Å². The molecule has 2 aliphatic carbocycles. The zero-order chi connectivity index (χ0) is 40.9. The van der Waals surface area contributed by atoms with Gasteiger partial charge in [-0.2, -0.15) is 0 Å². The number of oxime groups is 1. The zero-order valence-corrected chi connectivity index (χ0v) is 34.0. The van der Waals surface area contributed by atoms with E-state index in [1.165, 1.54) is 23.5 Å². The first-order valence-corrected chi connectivity index (χ1v) is 20.6. The van der Waals surface area contributed by atoms with Gasteiger partial charge in [-0.3, -0.25) is 33.8 Å². The Morgan fingerprint density at radius 3 is 2.42 bits per heavy atom. The van der Waals surface area contributed by atoms with E-state index >= 15 is 4.79 Å². The standard InChI is InChI=1S/C42H54ClN7O7/c1-5-10-30(35(52)39(55)46-28-15-16-28)47-38(54)33-22-42(21-31(49-57-42)26-13-9-14-27(43)19-26)24-50(33)40(56)36(41(2,3)4)48-37(53)29(25-11-7-6-8-12-25)20-34(51)32-23-44-17-18-45-32/h9,13-14,17-19,23,25,28-30,33,36H,5-8,10-12,15-16,20-22,24H2,1-4H3,(H,46,55)(H,47,54)(H,48,53)/t29-,30-,33-,36+,42+/m0/s1. The van der Waals surface area contributed by atoms with Crippen molar-refractivity contribution in [2.24, 2.45) is 22.4 Å². The summed E-state index contributed by atoms with van der Waals surface area (Å²) in [6.45, 7) is 7.31. The Balaban J connectivity index is 1.27. The largest absolute Gasteiger partial charge is 0.387 e. The van der Waals surface area contributed by atoms with Crippen molar-refractivity contribution in [1.29, 1.82) is 0 Å². The highest BCUT2D eigenvalue weighted by molar-refractivity contribution is 6.38. The van der Waals surface area contributed by atoms with Crippen molar-refractivity contribution in [1.82, 2.24) is 30.8 Å². The van der Waals surface area contributed by atoms with Crippen LogP contribution in [0.2, 0.25) is 5.02 Å². The maximum atomic E-state index is 15.0. The number of hydrogen-bond donors (Lipinski definition) is 3. The molecule has 1 saturated heterocycles. The molecule has 1 spiro atoms. The van der Waals surface area contributed by atoms with Gasteiger partial charge >= 0.3 is 0 Å². The summed E-state index contributed by atoms with van der Waals surface area (Å²) >= 11 is 6.29. The molecule has 2 aromatic rings. The number of Topliss-reactive ketones (excluding diaryl/α,β-unsaturated/α-hetero) is 2. The maximum Gasteiger partial charge on any atom is 0.289 e. The van der Waals surface area contributed by atoms with Crippen LogP contribution in [0.15, 0.2) is 48.0 Å². The predicted octanol–water partition coefficient (Wildman–Crippen LogP) is 4.73. The molecule has 2 saturated carbocycles. The quantitative estimate of drug-likeness (QED) is 0.169. The van der Waals surface area contributed by atoms with Crippen molar-refractivity contribution in [3.05, 3.63) is 59.1 Å². The molecule has 4 amide bonds. The number of nitrogens with one attached hydrogen (secondary N) is 3. The minimum atomic E-state index is -1.13. The Hall–Kier alpha value is -4.72. The second-order valence-electron chi connectivity index (χ2n) is 17.2. The normalized spacial score (nSPS) is 22.5. The van der Waals surface area contributed by atoms with Gasteiger partial charge in [-0.15, -0.1) is 0 Å². The fraction of sp³-hybridized carbons (Fsp3) is 0.595. The fourth-order valence-corrected chi connectivity index (χ4v) is 8.43. The third-order valence-corrected chi connectivity index (χ3v) is 11.8. The van der Waals surface area contributed by atoms with Gasteiger partial charge in [0.05, 0.1) is 24.5 Å². The van der Waals surface area contributed by atoms with Crippen LogP contribution in [0.4, 0.5) is 0 Å². The second-order valence-corrected chi connectivity index (χ2v) is 17.6. The lowest BCUT2D eigenvalue weighted by Gasteiger charge is -2.37. The van der Waals surface area contributed by atoms with Gasteiger partial charge in [0.2, 0.25) is 23.5 Å². The maximum absolute atomic E-state index is 15.0. The molecule has 4 aliphatic rings. The third kappa shape index (κ3) is 10.2. The van der Waals surface area contributed by atoms with E-state index in [0.717, 1.165) is 50.5 Å². The summed E-state index contributed by atoms with van der Waals surface area (Å²) in [5, 5.41) is 13.5. The number of amides is 4. The molecule has 0 bridgehead atoms. The molecule has 57 heavy (non-hydrogen) atoms. The van der Waals surface area contributed by atoms with Gasteiger partial charge in [0, 0.05) is 54.2 Å². The van der Waals surface area contributed by atoms with Crippen LogP contribution in [-0.2, 0) is 28.8 Å². The molecule has 15 heteroatoms. The van der Waals surface area contributed by atoms with E-state index in [1.807, 2.05) is 33.8 Å². The van der Waals surface area contributed by atoms with Gasteiger partial charge in [-0.05, 0) is 55.6 Å². The lowest BCUT2D eigenvalue weighted by Crippen LogP contribution is -2.60. The third-order valence-electron chi connectivity index (χ3n) is 11.5. The number of hydrogen-bond acceptors (Lipinski definition) is 10. The Labute approximate surface area is 338 Å². The van der Waals surface area contributed by atoms with Gasteiger partial charge in [0.1, 0.15) is 17.8 Å².